The second kappa shape index (κ2) is 4.12. The molecule has 1 aromatic carbocycles. The Morgan fingerprint density at radius 3 is 2.67 bits per heavy atom. The Morgan fingerprint density at radius 2 is 1.93 bits per heavy atom. The highest BCUT2D eigenvalue weighted by Gasteiger charge is 2.00. The number of pyridine rings is 1. The van der Waals surface area contributed by atoms with Gasteiger partial charge in [-0.2, -0.15) is 5.26 Å². The zero-order valence-electron chi connectivity index (χ0n) is 7.81. The predicted octanol–water partition coefficient (Wildman–Crippen LogP) is 3.27. The van der Waals surface area contributed by atoms with E-state index in [-0.39, 0.29) is 0 Å². The second-order valence-electron chi connectivity index (χ2n) is 3.03. The summed E-state index contributed by atoms with van der Waals surface area (Å²) in [5, 5.41) is 9.39. The maximum atomic E-state index is 8.72. The van der Waals surface area contributed by atoms with Crippen LogP contribution in [0.4, 0.5) is 0 Å². The third kappa shape index (κ3) is 2.15. The molecule has 72 valence electrons. The third-order valence-electron chi connectivity index (χ3n) is 1.98. The van der Waals surface area contributed by atoms with Crippen molar-refractivity contribution in [2.45, 2.75) is 0 Å². The van der Waals surface area contributed by atoms with Crippen LogP contribution < -0.4 is 0 Å². The number of nitrogens with zero attached hydrogens (tertiary/aromatic N) is 2. The van der Waals surface area contributed by atoms with Crippen molar-refractivity contribution in [3.05, 3.63) is 53.2 Å². The molecule has 1 heterocycles. The van der Waals surface area contributed by atoms with Crippen LogP contribution in [-0.4, -0.2) is 4.98 Å². The number of aromatic nitrogens is 1. The van der Waals surface area contributed by atoms with Gasteiger partial charge in [-0.1, -0.05) is 29.8 Å². The lowest BCUT2D eigenvalue weighted by molar-refractivity contribution is 1.27. The molecule has 0 amide bonds. The van der Waals surface area contributed by atoms with Gasteiger partial charge in [-0.05, 0) is 24.3 Å². The molecule has 0 N–H and O–H groups in total. The van der Waals surface area contributed by atoms with Crippen molar-refractivity contribution in [2.24, 2.45) is 0 Å². The van der Waals surface area contributed by atoms with Crippen molar-refractivity contribution < 1.29 is 0 Å². The molecule has 0 atom stereocenters. The Morgan fingerprint density at radius 1 is 1.13 bits per heavy atom. The fourth-order valence-electron chi connectivity index (χ4n) is 1.31. The SMILES string of the molecule is N#Cc1cccc(-c2cccc(Cl)c2)n1. The van der Waals surface area contributed by atoms with E-state index in [0.29, 0.717) is 10.7 Å². The molecule has 0 saturated heterocycles. The van der Waals surface area contributed by atoms with Crippen molar-refractivity contribution in [3.8, 4) is 17.3 Å². The minimum Gasteiger partial charge on any atom is -0.237 e. The van der Waals surface area contributed by atoms with E-state index in [2.05, 4.69) is 4.98 Å². The summed E-state index contributed by atoms with van der Waals surface area (Å²) in [7, 11) is 0. The molecule has 15 heavy (non-hydrogen) atoms. The first-order valence-corrected chi connectivity index (χ1v) is 4.80. The average molecular weight is 215 g/mol. The van der Waals surface area contributed by atoms with Gasteiger partial charge in [0, 0.05) is 10.6 Å². The Hall–Kier alpha value is -1.85. The van der Waals surface area contributed by atoms with E-state index >= 15 is 0 Å². The quantitative estimate of drug-likeness (QED) is 0.731. The van der Waals surface area contributed by atoms with Gasteiger partial charge in [0.1, 0.15) is 11.8 Å². The van der Waals surface area contributed by atoms with Crippen molar-refractivity contribution in [2.75, 3.05) is 0 Å². The van der Waals surface area contributed by atoms with Crippen LogP contribution in [0.25, 0.3) is 11.3 Å². The molecule has 0 aliphatic heterocycles. The molecule has 0 radical (unpaired) electrons. The van der Waals surface area contributed by atoms with Crippen LogP contribution in [0, 0.1) is 11.3 Å². The van der Waals surface area contributed by atoms with Gasteiger partial charge >= 0.3 is 0 Å². The van der Waals surface area contributed by atoms with Gasteiger partial charge in [-0.3, -0.25) is 0 Å². The standard InChI is InChI=1S/C12H7ClN2/c13-10-4-1-3-9(7-10)12-6-2-5-11(8-14)15-12/h1-7H. The number of hydrogen-bond donors (Lipinski definition) is 0. The van der Waals surface area contributed by atoms with Crippen LogP contribution in [0.15, 0.2) is 42.5 Å². The molecule has 2 nitrogen and oxygen atoms in total. The molecule has 0 unspecified atom stereocenters. The van der Waals surface area contributed by atoms with E-state index in [4.69, 9.17) is 16.9 Å². The molecule has 0 aliphatic carbocycles. The van der Waals surface area contributed by atoms with Gasteiger partial charge in [0.25, 0.3) is 0 Å². The van der Waals surface area contributed by atoms with Gasteiger partial charge < -0.3 is 0 Å². The van der Waals surface area contributed by atoms with Crippen LogP contribution in [0.1, 0.15) is 5.69 Å². The number of hydrogen-bond acceptors (Lipinski definition) is 2. The molecule has 2 rings (SSSR count). The first-order valence-electron chi connectivity index (χ1n) is 4.43. The van der Waals surface area contributed by atoms with Gasteiger partial charge in [-0.25, -0.2) is 4.98 Å². The molecule has 3 heteroatoms. The zero-order chi connectivity index (χ0) is 10.7. The van der Waals surface area contributed by atoms with E-state index in [1.165, 1.54) is 0 Å². The first kappa shape index (κ1) is 9.70. The fraction of sp³-hybridized carbons (Fsp3) is 0. The van der Waals surface area contributed by atoms with E-state index in [9.17, 15) is 0 Å². The van der Waals surface area contributed by atoms with Gasteiger partial charge in [0.05, 0.1) is 5.69 Å². The second-order valence-corrected chi connectivity index (χ2v) is 3.47. The topological polar surface area (TPSA) is 36.7 Å². The number of nitriles is 1. The van der Waals surface area contributed by atoms with Crippen LogP contribution in [0.5, 0.6) is 0 Å². The summed E-state index contributed by atoms with van der Waals surface area (Å²) < 4.78 is 0. The van der Waals surface area contributed by atoms with Crippen molar-refractivity contribution >= 4 is 11.6 Å². The van der Waals surface area contributed by atoms with Crippen molar-refractivity contribution in [1.82, 2.24) is 4.98 Å². The minimum absolute atomic E-state index is 0.410. The van der Waals surface area contributed by atoms with E-state index < -0.39 is 0 Å². The maximum Gasteiger partial charge on any atom is 0.141 e. The lowest BCUT2D eigenvalue weighted by Gasteiger charge is -2.00. The lowest BCUT2D eigenvalue weighted by Crippen LogP contribution is -1.86. The van der Waals surface area contributed by atoms with Crippen LogP contribution in [0.2, 0.25) is 5.02 Å². The molecule has 0 spiro atoms. The molecule has 1 aromatic heterocycles. The van der Waals surface area contributed by atoms with Crippen molar-refractivity contribution in [3.63, 3.8) is 0 Å². The van der Waals surface area contributed by atoms with Gasteiger partial charge in [-0.15, -0.1) is 0 Å². The third-order valence-corrected chi connectivity index (χ3v) is 2.22. The number of rotatable bonds is 1. The summed E-state index contributed by atoms with van der Waals surface area (Å²) in [6.07, 6.45) is 0. The normalized spacial score (nSPS) is 9.60. The molecule has 2 aromatic rings. The molecular weight excluding hydrogens is 208 g/mol. The highest BCUT2D eigenvalue weighted by atomic mass is 35.5. The van der Waals surface area contributed by atoms with Crippen molar-refractivity contribution in [1.29, 1.82) is 5.26 Å². The highest BCUT2D eigenvalue weighted by Crippen LogP contribution is 2.20. The fourth-order valence-corrected chi connectivity index (χ4v) is 1.50. The van der Waals surface area contributed by atoms with Gasteiger partial charge in [0.2, 0.25) is 0 Å². The summed E-state index contributed by atoms with van der Waals surface area (Å²) in [5.41, 5.74) is 2.09. The predicted molar refractivity (Wildman–Crippen MR) is 59.4 cm³/mol. The first-order chi connectivity index (χ1) is 7.29. The molecule has 0 aliphatic rings. The summed E-state index contributed by atoms with van der Waals surface area (Å²) in [5.74, 6) is 0. The Labute approximate surface area is 92.8 Å². The minimum atomic E-state index is 0.410. The average Bonchev–Trinajstić information content (AvgIpc) is 2.29. The monoisotopic (exact) mass is 214 g/mol. The largest absolute Gasteiger partial charge is 0.237 e. The van der Waals surface area contributed by atoms with Crippen LogP contribution in [0.3, 0.4) is 0 Å². The molecular formula is C12H7ClN2. The zero-order valence-corrected chi connectivity index (χ0v) is 8.57. The summed E-state index contributed by atoms with van der Waals surface area (Å²) in [6, 6.07) is 14.7. The van der Waals surface area contributed by atoms with Gasteiger partial charge in [0.15, 0.2) is 0 Å². The Balaban J connectivity index is 2.50. The Kier molecular flexibility index (Phi) is 2.66. The molecule has 0 bridgehead atoms. The van der Waals surface area contributed by atoms with E-state index in [0.717, 1.165) is 11.3 Å². The summed E-state index contributed by atoms with van der Waals surface area (Å²) in [6.45, 7) is 0. The number of halogens is 1. The lowest BCUT2D eigenvalue weighted by atomic mass is 10.1. The van der Waals surface area contributed by atoms with Crippen LogP contribution in [-0.2, 0) is 0 Å². The Bertz CT molecular complexity index is 529. The number of benzene rings is 1. The van der Waals surface area contributed by atoms with E-state index in [1.807, 2.05) is 36.4 Å². The molecule has 0 fully saturated rings. The molecule has 0 saturated carbocycles. The van der Waals surface area contributed by atoms with Crippen LogP contribution >= 0.6 is 11.6 Å². The smallest absolute Gasteiger partial charge is 0.141 e. The summed E-state index contributed by atoms with van der Waals surface area (Å²) in [4.78, 5) is 4.18. The maximum absolute atomic E-state index is 8.72. The van der Waals surface area contributed by atoms with E-state index in [1.54, 1.807) is 12.1 Å². The summed E-state index contributed by atoms with van der Waals surface area (Å²) >= 11 is 5.88. The highest BCUT2D eigenvalue weighted by molar-refractivity contribution is 6.30.